The molecule has 1 aliphatic rings. The van der Waals surface area contributed by atoms with E-state index in [1.54, 1.807) is 12.3 Å². The van der Waals surface area contributed by atoms with Gasteiger partial charge in [0, 0.05) is 42.4 Å². The van der Waals surface area contributed by atoms with Crippen molar-refractivity contribution in [3.8, 4) is 0 Å². The average molecular weight is 447 g/mol. The van der Waals surface area contributed by atoms with Crippen molar-refractivity contribution >= 4 is 28.6 Å². The van der Waals surface area contributed by atoms with Crippen molar-refractivity contribution in [2.24, 2.45) is 0 Å². The molecule has 1 aromatic carbocycles. The summed E-state index contributed by atoms with van der Waals surface area (Å²) in [5, 5.41) is 3.53. The van der Waals surface area contributed by atoms with Crippen LogP contribution < -0.4 is 5.32 Å². The fraction of sp³-hybridized carbons (Fsp3) is 0.385. The Morgan fingerprint density at radius 1 is 1.21 bits per heavy atom. The maximum Gasteiger partial charge on any atom is 0.340 e. The maximum absolute atomic E-state index is 13.5. The first-order valence-electron chi connectivity index (χ1n) is 11.6. The number of fused-ring (bicyclic) bond motifs is 2. The van der Waals surface area contributed by atoms with Gasteiger partial charge < -0.3 is 10.1 Å². The van der Waals surface area contributed by atoms with Gasteiger partial charge in [0.2, 0.25) is 0 Å². The molecule has 1 atom stereocenters. The molecular formula is C26H30N4O3. The summed E-state index contributed by atoms with van der Waals surface area (Å²) in [6, 6.07) is 11.3. The number of nitrogens with zero attached hydrogens (tertiary/aromatic N) is 3. The molecule has 172 valence electrons. The van der Waals surface area contributed by atoms with E-state index >= 15 is 0 Å². The highest BCUT2D eigenvalue weighted by molar-refractivity contribution is 6.06. The summed E-state index contributed by atoms with van der Waals surface area (Å²) < 4.78 is 5.79. The van der Waals surface area contributed by atoms with E-state index in [-0.39, 0.29) is 5.91 Å². The molecule has 1 N–H and O–H groups in total. The zero-order valence-corrected chi connectivity index (χ0v) is 19.4. The molecule has 0 aliphatic carbocycles. The number of para-hydroxylation sites is 1. The minimum absolute atomic E-state index is 0.358. The number of rotatable bonds is 7. The first-order chi connectivity index (χ1) is 16.0. The Hall–Kier alpha value is -3.32. The molecule has 0 bridgehead atoms. The van der Waals surface area contributed by atoms with Crippen molar-refractivity contribution in [3.05, 3.63) is 65.0 Å². The van der Waals surface area contributed by atoms with Gasteiger partial charge in [-0.2, -0.15) is 0 Å². The Bertz CT molecular complexity index is 1180. The van der Waals surface area contributed by atoms with Crippen LogP contribution in [0.3, 0.4) is 0 Å². The predicted octanol–water partition coefficient (Wildman–Crippen LogP) is 4.28. The zero-order valence-electron chi connectivity index (χ0n) is 19.4. The van der Waals surface area contributed by atoms with E-state index in [9.17, 15) is 9.59 Å². The number of carbonyl (C=O) groups excluding carboxylic acids is 2. The Kier molecular flexibility index (Phi) is 6.99. The predicted molar refractivity (Wildman–Crippen MR) is 128 cm³/mol. The molecule has 7 heteroatoms. The minimum Gasteiger partial charge on any atom is -0.449 e. The van der Waals surface area contributed by atoms with Gasteiger partial charge in [0.1, 0.15) is 5.82 Å². The molecule has 0 radical (unpaired) electrons. The van der Waals surface area contributed by atoms with Gasteiger partial charge in [0.25, 0.3) is 5.91 Å². The second-order valence-electron chi connectivity index (χ2n) is 8.47. The Labute approximate surface area is 194 Å². The third-order valence-corrected chi connectivity index (χ3v) is 5.95. The van der Waals surface area contributed by atoms with Crippen molar-refractivity contribution in [1.29, 1.82) is 0 Å². The third kappa shape index (κ3) is 5.03. The Balaban J connectivity index is 1.64. The number of hydrogen-bond acceptors (Lipinski definition) is 6. The molecule has 1 unspecified atom stereocenters. The summed E-state index contributed by atoms with van der Waals surface area (Å²) in [6.07, 6.45) is 2.90. The van der Waals surface area contributed by atoms with Crippen molar-refractivity contribution < 1.29 is 14.3 Å². The van der Waals surface area contributed by atoms with Gasteiger partial charge in [-0.15, -0.1) is 0 Å². The van der Waals surface area contributed by atoms with Crippen LogP contribution >= 0.6 is 0 Å². The lowest BCUT2D eigenvalue weighted by Crippen LogP contribution is -2.35. The third-order valence-electron chi connectivity index (χ3n) is 5.95. The number of benzene rings is 1. The molecular weight excluding hydrogens is 416 g/mol. The molecule has 0 fully saturated rings. The fourth-order valence-corrected chi connectivity index (χ4v) is 4.31. The first-order valence-corrected chi connectivity index (χ1v) is 11.6. The van der Waals surface area contributed by atoms with Gasteiger partial charge in [-0.05, 0) is 50.1 Å². The van der Waals surface area contributed by atoms with Crippen LogP contribution in [0.15, 0.2) is 42.6 Å². The Morgan fingerprint density at radius 3 is 2.79 bits per heavy atom. The van der Waals surface area contributed by atoms with E-state index in [1.165, 1.54) is 0 Å². The summed E-state index contributed by atoms with van der Waals surface area (Å²) in [6.45, 7) is 8.44. The highest BCUT2D eigenvalue weighted by Crippen LogP contribution is 2.29. The van der Waals surface area contributed by atoms with E-state index in [1.807, 2.05) is 44.2 Å². The number of pyridine rings is 2. The lowest BCUT2D eigenvalue weighted by atomic mass is 9.95. The number of esters is 1. The molecule has 1 aliphatic heterocycles. The van der Waals surface area contributed by atoms with Gasteiger partial charge in [0.15, 0.2) is 6.10 Å². The van der Waals surface area contributed by atoms with Gasteiger partial charge >= 0.3 is 5.97 Å². The highest BCUT2D eigenvalue weighted by Gasteiger charge is 2.29. The number of ether oxygens (including phenoxy) is 1. The van der Waals surface area contributed by atoms with Gasteiger partial charge in [-0.25, -0.2) is 9.78 Å². The fourth-order valence-electron chi connectivity index (χ4n) is 4.31. The summed E-state index contributed by atoms with van der Waals surface area (Å²) >= 11 is 0. The monoisotopic (exact) mass is 446 g/mol. The quantitative estimate of drug-likeness (QED) is 0.546. The van der Waals surface area contributed by atoms with E-state index < -0.39 is 12.1 Å². The molecule has 3 heterocycles. The summed E-state index contributed by atoms with van der Waals surface area (Å²) in [5.74, 6) is -0.428. The molecule has 1 amide bonds. The number of hydrogen-bond donors (Lipinski definition) is 1. The number of aryl methyl sites for hydroxylation is 1. The summed E-state index contributed by atoms with van der Waals surface area (Å²) in [4.78, 5) is 37.7. The first kappa shape index (κ1) is 22.9. The van der Waals surface area contributed by atoms with Crippen LogP contribution in [0.1, 0.15) is 53.9 Å². The topological polar surface area (TPSA) is 84.4 Å². The number of carbonyl (C=O) groups is 2. The lowest BCUT2D eigenvalue weighted by Gasteiger charge is -2.30. The van der Waals surface area contributed by atoms with Crippen molar-refractivity contribution in [1.82, 2.24) is 14.9 Å². The minimum atomic E-state index is -0.919. The van der Waals surface area contributed by atoms with Crippen LogP contribution in [0.4, 0.5) is 5.82 Å². The van der Waals surface area contributed by atoms with Crippen LogP contribution in [0.25, 0.3) is 10.9 Å². The number of nitrogens with one attached hydrogen (secondary N) is 1. The molecule has 3 aromatic rings. The second-order valence-corrected chi connectivity index (χ2v) is 8.47. The van der Waals surface area contributed by atoms with Crippen LogP contribution in [-0.4, -0.2) is 45.9 Å². The SMILES string of the molecule is CCCN1CCc2nc3ccccc3c(C(=O)OC(CC)C(=O)Nc3cc(C)ccn3)c2C1. The van der Waals surface area contributed by atoms with Crippen LogP contribution in [-0.2, 0) is 22.5 Å². The van der Waals surface area contributed by atoms with Crippen LogP contribution in [0.2, 0.25) is 0 Å². The molecule has 0 spiro atoms. The van der Waals surface area contributed by atoms with Crippen molar-refractivity contribution in [2.75, 3.05) is 18.4 Å². The lowest BCUT2D eigenvalue weighted by molar-refractivity contribution is -0.124. The number of amides is 1. The molecule has 4 rings (SSSR count). The molecule has 2 aromatic heterocycles. The smallest absolute Gasteiger partial charge is 0.340 e. The van der Waals surface area contributed by atoms with E-state index in [0.717, 1.165) is 53.7 Å². The summed E-state index contributed by atoms with van der Waals surface area (Å²) in [5.41, 5.74) is 4.13. The van der Waals surface area contributed by atoms with Crippen molar-refractivity contribution in [3.63, 3.8) is 0 Å². The van der Waals surface area contributed by atoms with Crippen LogP contribution in [0, 0.1) is 6.92 Å². The highest BCUT2D eigenvalue weighted by atomic mass is 16.5. The molecule has 0 saturated heterocycles. The van der Waals surface area contributed by atoms with E-state index in [4.69, 9.17) is 9.72 Å². The largest absolute Gasteiger partial charge is 0.449 e. The standard InChI is InChI=1S/C26H30N4O3/c1-4-13-30-14-11-21-19(16-30)24(18-8-6-7-9-20(18)28-21)26(32)33-22(5-2)25(31)29-23-15-17(3)10-12-27-23/h6-10,12,15,22H,4-5,11,13-14,16H2,1-3H3,(H,27,29,31). The normalized spacial score (nSPS) is 14.5. The second kappa shape index (κ2) is 10.1. The molecule has 7 nitrogen and oxygen atoms in total. The van der Waals surface area contributed by atoms with Gasteiger partial charge in [-0.3, -0.25) is 14.7 Å². The van der Waals surface area contributed by atoms with E-state index in [0.29, 0.717) is 24.3 Å². The zero-order chi connectivity index (χ0) is 23.4. The van der Waals surface area contributed by atoms with Crippen LogP contribution in [0.5, 0.6) is 0 Å². The van der Waals surface area contributed by atoms with Gasteiger partial charge in [0.05, 0.1) is 11.1 Å². The molecule has 33 heavy (non-hydrogen) atoms. The number of anilines is 1. The van der Waals surface area contributed by atoms with Gasteiger partial charge in [-0.1, -0.05) is 32.0 Å². The number of aromatic nitrogens is 2. The summed E-state index contributed by atoms with van der Waals surface area (Å²) in [7, 11) is 0. The Morgan fingerprint density at radius 2 is 2.03 bits per heavy atom. The van der Waals surface area contributed by atoms with E-state index in [2.05, 4.69) is 22.1 Å². The molecule has 0 saturated carbocycles. The van der Waals surface area contributed by atoms with Crippen molar-refractivity contribution in [2.45, 2.75) is 52.7 Å². The average Bonchev–Trinajstić information content (AvgIpc) is 2.81. The maximum atomic E-state index is 13.5.